The SMILES string of the molecule is CCOC(C(NC)c1cc(Cl)ccc1Cl)C(C)(C)C. The van der Waals surface area contributed by atoms with E-state index >= 15 is 0 Å². The number of ether oxygens (including phenoxy) is 1. The average molecular weight is 304 g/mol. The minimum Gasteiger partial charge on any atom is -0.376 e. The van der Waals surface area contributed by atoms with E-state index in [4.69, 9.17) is 27.9 Å². The first-order valence-corrected chi connectivity index (χ1v) is 7.30. The van der Waals surface area contributed by atoms with Crippen LogP contribution in [0.5, 0.6) is 0 Å². The first-order valence-electron chi connectivity index (χ1n) is 6.55. The number of likely N-dealkylation sites (N-methyl/N-ethyl adjacent to an activating group) is 1. The Bertz CT molecular complexity index is 415. The molecule has 0 amide bonds. The predicted molar refractivity (Wildman–Crippen MR) is 83.1 cm³/mol. The molecule has 2 unspecified atom stereocenters. The molecule has 0 bridgehead atoms. The molecule has 0 aliphatic carbocycles. The molecule has 0 radical (unpaired) electrons. The third kappa shape index (κ3) is 4.35. The van der Waals surface area contributed by atoms with Crippen molar-refractivity contribution in [3.8, 4) is 0 Å². The van der Waals surface area contributed by atoms with Crippen LogP contribution in [0.15, 0.2) is 18.2 Å². The van der Waals surface area contributed by atoms with E-state index in [9.17, 15) is 0 Å². The summed E-state index contributed by atoms with van der Waals surface area (Å²) in [6, 6.07) is 5.54. The number of hydrogen-bond acceptors (Lipinski definition) is 2. The Balaban J connectivity index is 3.19. The molecule has 0 aliphatic rings. The number of benzene rings is 1. The molecule has 0 saturated heterocycles. The first kappa shape index (κ1) is 16.8. The van der Waals surface area contributed by atoms with Crippen molar-refractivity contribution in [1.29, 1.82) is 0 Å². The Morgan fingerprint density at radius 3 is 2.37 bits per heavy atom. The fraction of sp³-hybridized carbons (Fsp3) is 0.600. The highest BCUT2D eigenvalue weighted by Gasteiger charge is 2.34. The Morgan fingerprint density at radius 1 is 1.26 bits per heavy atom. The van der Waals surface area contributed by atoms with Gasteiger partial charge >= 0.3 is 0 Å². The third-order valence-corrected chi connectivity index (χ3v) is 3.69. The third-order valence-electron chi connectivity index (χ3n) is 3.11. The van der Waals surface area contributed by atoms with Crippen molar-refractivity contribution in [3.63, 3.8) is 0 Å². The van der Waals surface area contributed by atoms with Crippen molar-refractivity contribution in [2.75, 3.05) is 13.7 Å². The van der Waals surface area contributed by atoms with Gasteiger partial charge in [-0.05, 0) is 43.1 Å². The van der Waals surface area contributed by atoms with Crippen LogP contribution in [0.4, 0.5) is 0 Å². The maximum Gasteiger partial charge on any atom is 0.0818 e. The largest absolute Gasteiger partial charge is 0.376 e. The molecule has 0 spiro atoms. The molecule has 1 aromatic rings. The highest BCUT2D eigenvalue weighted by Crippen LogP contribution is 2.36. The van der Waals surface area contributed by atoms with E-state index in [0.29, 0.717) is 16.7 Å². The van der Waals surface area contributed by atoms with Crippen molar-refractivity contribution in [3.05, 3.63) is 33.8 Å². The molecular formula is C15H23Cl2NO. The van der Waals surface area contributed by atoms with E-state index < -0.39 is 0 Å². The molecule has 0 heterocycles. The quantitative estimate of drug-likeness (QED) is 0.851. The monoisotopic (exact) mass is 303 g/mol. The molecule has 0 aromatic heterocycles. The van der Waals surface area contributed by atoms with Crippen molar-refractivity contribution in [1.82, 2.24) is 5.32 Å². The first-order chi connectivity index (χ1) is 8.81. The van der Waals surface area contributed by atoms with Crippen molar-refractivity contribution >= 4 is 23.2 Å². The second kappa shape index (κ2) is 6.94. The summed E-state index contributed by atoms with van der Waals surface area (Å²) in [5, 5.41) is 4.70. The lowest BCUT2D eigenvalue weighted by atomic mass is 9.82. The van der Waals surface area contributed by atoms with Crippen molar-refractivity contribution in [2.24, 2.45) is 5.41 Å². The number of rotatable bonds is 5. The van der Waals surface area contributed by atoms with Crippen LogP contribution < -0.4 is 5.32 Å². The maximum absolute atomic E-state index is 6.31. The lowest BCUT2D eigenvalue weighted by Crippen LogP contribution is -2.41. The average Bonchev–Trinajstić information content (AvgIpc) is 2.32. The van der Waals surface area contributed by atoms with Crippen LogP contribution in [0.25, 0.3) is 0 Å². The van der Waals surface area contributed by atoms with Gasteiger partial charge in [-0.2, -0.15) is 0 Å². The number of nitrogens with one attached hydrogen (secondary N) is 1. The molecule has 2 nitrogen and oxygen atoms in total. The molecular weight excluding hydrogens is 281 g/mol. The Kier molecular flexibility index (Phi) is 6.13. The fourth-order valence-corrected chi connectivity index (χ4v) is 2.66. The molecule has 1 aromatic carbocycles. The van der Waals surface area contributed by atoms with Gasteiger partial charge in [0.2, 0.25) is 0 Å². The standard InChI is InChI=1S/C15H23Cl2NO/c1-6-19-14(15(2,3)4)13(18-5)11-9-10(16)7-8-12(11)17/h7-9,13-14,18H,6H2,1-5H3. The Labute approximate surface area is 126 Å². The molecule has 4 heteroatoms. The van der Waals surface area contributed by atoms with E-state index in [1.165, 1.54) is 0 Å². The molecule has 0 saturated carbocycles. The summed E-state index contributed by atoms with van der Waals surface area (Å²) in [6.07, 6.45) is 0.0125. The summed E-state index contributed by atoms with van der Waals surface area (Å²) in [5.74, 6) is 0. The van der Waals surface area contributed by atoms with Crippen LogP contribution in [-0.4, -0.2) is 19.8 Å². The van der Waals surface area contributed by atoms with Gasteiger partial charge in [-0.25, -0.2) is 0 Å². The van der Waals surface area contributed by atoms with Gasteiger partial charge in [0.1, 0.15) is 0 Å². The summed E-state index contributed by atoms with van der Waals surface area (Å²) in [5.41, 5.74) is 0.972. The van der Waals surface area contributed by atoms with Gasteiger partial charge in [0.05, 0.1) is 12.1 Å². The van der Waals surface area contributed by atoms with Crippen LogP contribution in [0.1, 0.15) is 39.3 Å². The molecule has 1 N–H and O–H groups in total. The highest BCUT2D eigenvalue weighted by atomic mass is 35.5. The molecule has 0 fully saturated rings. The smallest absolute Gasteiger partial charge is 0.0818 e. The highest BCUT2D eigenvalue weighted by molar-refractivity contribution is 6.33. The second-order valence-electron chi connectivity index (χ2n) is 5.67. The van der Waals surface area contributed by atoms with Gasteiger partial charge < -0.3 is 10.1 Å². The number of halogens is 2. The molecule has 108 valence electrons. The lowest BCUT2D eigenvalue weighted by molar-refractivity contribution is -0.0350. The summed E-state index contributed by atoms with van der Waals surface area (Å²) >= 11 is 12.4. The van der Waals surface area contributed by atoms with E-state index in [1.54, 1.807) is 6.07 Å². The Hall–Kier alpha value is -0.280. The zero-order chi connectivity index (χ0) is 14.6. The predicted octanol–water partition coefficient (Wildman–Crippen LogP) is 4.71. The van der Waals surface area contributed by atoms with Gasteiger partial charge in [0.15, 0.2) is 0 Å². The van der Waals surface area contributed by atoms with Gasteiger partial charge in [0.25, 0.3) is 0 Å². The molecule has 2 atom stereocenters. The summed E-state index contributed by atoms with van der Waals surface area (Å²) in [7, 11) is 1.92. The van der Waals surface area contributed by atoms with Crippen molar-refractivity contribution < 1.29 is 4.74 Å². The topological polar surface area (TPSA) is 21.3 Å². The molecule has 0 aliphatic heterocycles. The minimum atomic E-state index is -0.00463. The summed E-state index contributed by atoms with van der Waals surface area (Å²) in [4.78, 5) is 0. The van der Waals surface area contributed by atoms with E-state index in [2.05, 4.69) is 26.1 Å². The fourth-order valence-electron chi connectivity index (χ4n) is 2.25. The van der Waals surface area contributed by atoms with E-state index in [-0.39, 0.29) is 17.6 Å². The van der Waals surface area contributed by atoms with E-state index in [1.807, 2.05) is 26.1 Å². The van der Waals surface area contributed by atoms with Crippen LogP contribution in [0, 0.1) is 5.41 Å². The van der Waals surface area contributed by atoms with Gasteiger partial charge in [-0.15, -0.1) is 0 Å². The summed E-state index contributed by atoms with van der Waals surface area (Å²) < 4.78 is 5.94. The second-order valence-corrected chi connectivity index (χ2v) is 6.52. The maximum atomic E-state index is 6.31. The zero-order valence-electron chi connectivity index (χ0n) is 12.3. The molecule has 1 rings (SSSR count). The minimum absolute atomic E-state index is 0.00463. The molecule has 19 heavy (non-hydrogen) atoms. The van der Waals surface area contributed by atoms with Gasteiger partial charge in [-0.1, -0.05) is 44.0 Å². The lowest BCUT2D eigenvalue weighted by Gasteiger charge is -2.37. The van der Waals surface area contributed by atoms with Crippen LogP contribution >= 0.6 is 23.2 Å². The number of hydrogen-bond donors (Lipinski definition) is 1. The van der Waals surface area contributed by atoms with Gasteiger partial charge in [0, 0.05) is 16.7 Å². The van der Waals surface area contributed by atoms with Gasteiger partial charge in [-0.3, -0.25) is 0 Å². The normalized spacial score (nSPS) is 15.3. The van der Waals surface area contributed by atoms with Crippen LogP contribution in [-0.2, 0) is 4.74 Å². The zero-order valence-corrected chi connectivity index (χ0v) is 13.8. The summed E-state index contributed by atoms with van der Waals surface area (Å²) in [6.45, 7) is 9.16. The Morgan fingerprint density at radius 2 is 1.89 bits per heavy atom. The van der Waals surface area contributed by atoms with Crippen LogP contribution in [0.2, 0.25) is 10.0 Å². The van der Waals surface area contributed by atoms with Crippen molar-refractivity contribution in [2.45, 2.75) is 39.8 Å². The van der Waals surface area contributed by atoms with E-state index in [0.717, 1.165) is 5.56 Å². The van der Waals surface area contributed by atoms with Crippen LogP contribution in [0.3, 0.4) is 0 Å².